The number of aliphatic carboxylic acids is 1. The van der Waals surface area contributed by atoms with Gasteiger partial charge in [-0.3, -0.25) is 9.59 Å². The highest BCUT2D eigenvalue weighted by molar-refractivity contribution is 7.81. The van der Waals surface area contributed by atoms with Crippen LogP contribution in [-0.2, 0) is 20.8 Å². The van der Waals surface area contributed by atoms with Crippen molar-refractivity contribution in [3.05, 3.63) is 59.2 Å². The van der Waals surface area contributed by atoms with Crippen molar-refractivity contribution in [3.8, 4) is 11.1 Å². The Hall–Kier alpha value is -2.80. The minimum atomic E-state index is -1.11. The molecule has 1 aliphatic rings. The molecular formula is C28H36N2O4S. The first-order valence-electron chi connectivity index (χ1n) is 12.2. The first-order chi connectivity index (χ1) is 16.5. The van der Waals surface area contributed by atoms with Crippen LogP contribution in [0, 0.1) is 19.8 Å². The molecule has 6 nitrogen and oxygen atoms in total. The van der Waals surface area contributed by atoms with Gasteiger partial charge in [0.05, 0.1) is 5.25 Å². The van der Waals surface area contributed by atoms with Crippen LogP contribution < -0.4 is 10.6 Å². The molecule has 3 rings (SSSR count). The number of carbonyl (C=O) groups excluding carboxylic acids is 2. The summed E-state index contributed by atoms with van der Waals surface area (Å²) in [5.74, 6) is -1.83. The van der Waals surface area contributed by atoms with Crippen molar-refractivity contribution in [1.29, 1.82) is 0 Å². The Morgan fingerprint density at radius 3 is 2.06 bits per heavy atom. The van der Waals surface area contributed by atoms with E-state index in [4.69, 9.17) is 0 Å². The first kappa shape index (κ1) is 26.8. The van der Waals surface area contributed by atoms with E-state index in [2.05, 4.69) is 55.3 Å². The van der Waals surface area contributed by atoms with E-state index in [9.17, 15) is 19.5 Å². The van der Waals surface area contributed by atoms with Gasteiger partial charge in [-0.15, -0.1) is 0 Å². The molecule has 188 valence electrons. The first-order valence-corrected chi connectivity index (χ1v) is 12.7. The van der Waals surface area contributed by atoms with Gasteiger partial charge < -0.3 is 15.7 Å². The van der Waals surface area contributed by atoms with E-state index in [0.717, 1.165) is 29.5 Å². The molecule has 0 aromatic heterocycles. The molecule has 3 N–H and O–H groups in total. The summed E-state index contributed by atoms with van der Waals surface area (Å²) in [5.41, 5.74) is 4.25. The average Bonchev–Trinajstić information content (AvgIpc) is 3.27. The minimum absolute atomic E-state index is 0.0123. The molecule has 2 atom stereocenters. The van der Waals surface area contributed by atoms with Crippen molar-refractivity contribution in [2.75, 3.05) is 0 Å². The van der Waals surface area contributed by atoms with Gasteiger partial charge in [-0.25, -0.2) is 4.79 Å². The van der Waals surface area contributed by atoms with Gasteiger partial charge in [0.2, 0.25) is 11.8 Å². The smallest absolute Gasteiger partial charge is 0.326 e. The maximum Gasteiger partial charge on any atom is 0.326 e. The Labute approximate surface area is 213 Å². The predicted molar refractivity (Wildman–Crippen MR) is 142 cm³/mol. The number of benzene rings is 2. The zero-order valence-corrected chi connectivity index (χ0v) is 21.8. The second kappa shape index (κ2) is 11.3. The Kier molecular flexibility index (Phi) is 8.65. The lowest BCUT2D eigenvalue weighted by atomic mass is 9.93. The van der Waals surface area contributed by atoms with Crippen molar-refractivity contribution in [2.24, 2.45) is 5.92 Å². The third-order valence-corrected chi connectivity index (χ3v) is 7.54. The fourth-order valence-corrected chi connectivity index (χ4v) is 4.77. The van der Waals surface area contributed by atoms with Crippen LogP contribution in [0.2, 0.25) is 0 Å². The highest BCUT2D eigenvalue weighted by Crippen LogP contribution is 2.31. The Balaban J connectivity index is 1.73. The second-order valence-electron chi connectivity index (χ2n) is 10.1. The SMILES string of the molecule is Cc1cc(C)cc(-c2ccc(CC(NC(=O)C3(NC(=O)[C@@H](S)C(C)C)CCCC3)C(=O)O)cc2)c1. The lowest BCUT2D eigenvalue weighted by Gasteiger charge is -2.32. The number of rotatable bonds is 9. The molecule has 0 heterocycles. The Bertz CT molecular complexity index is 1050. The topological polar surface area (TPSA) is 95.5 Å². The van der Waals surface area contributed by atoms with Crippen LogP contribution in [0.4, 0.5) is 0 Å². The van der Waals surface area contributed by atoms with Crippen LogP contribution in [0.3, 0.4) is 0 Å². The molecule has 35 heavy (non-hydrogen) atoms. The van der Waals surface area contributed by atoms with Crippen molar-refractivity contribution in [3.63, 3.8) is 0 Å². The van der Waals surface area contributed by atoms with Crippen LogP contribution in [-0.4, -0.2) is 39.7 Å². The molecule has 2 aromatic carbocycles. The van der Waals surface area contributed by atoms with E-state index < -0.39 is 28.7 Å². The fourth-order valence-electron chi connectivity index (χ4n) is 4.71. The molecule has 7 heteroatoms. The van der Waals surface area contributed by atoms with Crippen molar-refractivity contribution < 1.29 is 19.5 Å². The second-order valence-corrected chi connectivity index (χ2v) is 10.7. The van der Waals surface area contributed by atoms with E-state index in [-0.39, 0.29) is 18.2 Å². The van der Waals surface area contributed by atoms with E-state index in [0.29, 0.717) is 12.8 Å². The van der Waals surface area contributed by atoms with Gasteiger partial charge >= 0.3 is 5.97 Å². The number of thiol groups is 1. The lowest BCUT2D eigenvalue weighted by molar-refractivity contribution is -0.143. The number of hydrogen-bond acceptors (Lipinski definition) is 4. The molecule has 1 fully saturated rings. The molecule has 0 radical (unpaired) electrons. The van der Waals surface area contributed by atoms with E-state index in [1.54, 1.807) is 0 Å². The molecule has 1 saturated carbocycles. The zero-order valence-electron chi connectivity index (χ0n) is 20.9. The Morgan fingerprint density at radius 2 is 1.54 bits per heavy atom. The summed E-state index contributed by atoms with van der Waals surface area (Å²) in [5, 5.41) is 14.9. The van der Waals surface area contributed by atoms with E-state index >= 15 is 0 Å². The van der Waals surface area contributed by atoms with Gasteiger partial charge in [0.15, 0.2) is 0 Å². The van der Waals surface area contributed by atoms with Crippen LogP contribution in [0.5, 0.6) is 0 Å². The molecule has 1 aliphatic carbocycles. The summed E-state index contributed by atoms with van der Waals surface area (Å²) in [7, 11) is 0. The number of carbonyl (C=O) groups is 3. The minimum Gasteiger partial charge on any atom is -0.480 e. The third kappa shape index (κ3) is 6.66. The largest absolute Gasteiger partial charge is 0.480 e. The van der Waals surface area contributed by atoms with Crippen LogP contribution in [0.1, 0.15) is 56.2 Å². The van der Waals surface area contributed by atoms with Gasteiger partial charge in [0.25, 0.3) is 0 Å². The highest BCUT2D eigenvalue weighted by atomic mass is 32.1. The van der Waals surface area contributed by atoms with E-state index in [1.165, 1.54) is 11.1 Å². The number of hydrogen-bond donors (Lipinski definition) is 4. The van der Waals surface area contributed by atoms with Crippen LogP contribution >= 0.6 is 12.6 Å². The molecule has 0 spiro atoms. The summed E-state index contributed by atoms with van der Waals surface area (Å²) >= 11 is 4.37. The van der Waals surface area contributed by atoms with Gasteiger partial charge in [0.1, 0.15) is 11.6 Å². The number of aryl methyl sites for hydroxylation is 2. The van der Waals surface area contributed by atoms with Gasteiger partial charge in [-0.2, -0.15) is 12.6 Å². The van der Waals surface area contributed by atoms with Crippen LogP contribution in [0.15, 0.2) is 42.5 Å². The molecule has 0 aliphatic heterocycles. The number of carboxylic acid groups (broad SMARTS) is 1. The zero-order chi connectivity index (χ0) is 25.8. The van der Waals surface area contributed by atoms with Gasteiger partial charge in [-0.05, 0) is 49.3 Å². The molecular weight excluding hydrogens is 460 g/mol. The number of nitrogens with one attached hydrogen (secondary N) is 2. The average molecular weight is 497 g/mol. The van der Waals surface area contributed by atoms with Gasteiger partial charge in [0, 0.05) is 6.42 Å². The fraction of sp³-hybridized carbons (Fsp3) is 0.464. The van der Waals surface area contributed by atoms with Crippen LogP contribution in [0.25, 0.3) is 11.1 Å². The Morgan fingerprint density at radius 1 is 0.971 bits per heavy atom. The predicted octanol–water partition coefficient (Wildman–Crippen LogP) is 4.47. The lowest BCUT2D eigenvalue weighted by Crippen LogP contribution is -2.61. The highest BCUT2D eigenvalue weighted by Gasteiger charge is 2.44. The molecule has 2 aromatic rings. The van der Waals surface area contributed by atoms with Crippen molar-refractivity contribution >= 4 is 30.4 Å². The summed E-state index contributed by atoms with van der Waals surface area (Å²) < 4.78 is 0. The maximum atomic E-state index is 13.3. The molecule has 0 bridgehead atoms. The molecule has 1 unspecified atom stereocenters. The summed E-state index contributed by atoms with van der Waals surface area (Å²) in [4.78, 5) is 38.0. The van der Waals surface area contributed by atoms with Crippen molar-refractivity contribution in [1.82, 2.24) is 10.6 Å². The molecule has 0 saturated heterocycles. The standard InChI is InChI=1S/C28H36N2O4S/c1-17(2)24(35)25(31)30-28(11-5-6-12-28)27(34)29-23(26(32)33)16-20-7-9-21(10-8-20)22-14-18(3)13-19(4)15-22/h7-10,13-15,17,23-24,35H,5-6,11-12,16H2,1-4H3,(H,29,34)(H,30,31)(H,32,33)/t23?,24-/m0/s1. The normalized spacial score (nSPS) is 16.5. The van der Waals surface area contributed by atoms with Crippen molar-refractivity contribution in [2.45, 2.75) is 76.6 Å². The monoisotopic (exact) mass is 496 g/mol. The molecule has 2 amide bonds. The van der Waals surface area contributed by atoms with E-state index in [1.807, 2.05) is 38.1 Å². The maximum absolute atomic E-state index is 13.3. The summed E-state index contributed by atoms with van der Waals surface area (Å²) in [6, 6.07) is 13.0. The summed E-state index contributed by atoms with van der Waals surface area (Å²) in [6.45, 7) is 7.91. The quantitative estimate of drug-likeness (QED) is 0.385. The number of amides is 2. The summed E-state index contributed by atoms with van der Waals surface area (Å²) in [6.07, 6.45) is 2.72. The third-order valence-electron chi connectivity index (χ3n) is 6.71. The number of carboxylic acids is 1. The van der Waals surface area contributed by atoms with Gasteiger partial charge in [-0.1, -0.05) is 80.3 Å².